The first-order valence-corrected chi connectivity index (χ1v) is 17.2. The maximum absolute atomic E-state index is 3.38. The SMILES string of the molecule is c1ccc(N(c2ccccc2)c2ccccc2)cc1.c1ccc(N(c2ccccc2)c2ccccc2)cc1.c1ccc2c(c1)[nH]c1ccccc12. The molecule has 3 nitrogen and oxygen atoms in total. The maximum atomic E-state index is 3.38. The Hall–Kier alpha value is -6.84. The number of rotatable bonds is 6. The van der Waals surface area contributed by atoms with Crippen LogP contribution < -0.4 is 9.80 Å². The molecule has 1 heterocycles. The molecule has 8 aromatic carbocycles. The van der Waals surface area contributed by atoms with E-state index in [-0.39, 0.29) is 0 Å². The van der Waals surface area contributed by atoms with Gasteiger partial charge in [-0.05, 0) is 84.9 Å². The molecular formula is C48H39N3. The maximum Gasteiger partial charge on any atom is 0.0464 e. The fraction of sp³-hybridized carbons (Fsp3) is 0. The molecular weight excluding hydrogens is 619 g/mol. The summed E-state index contributed by atoms with van der Waals surface area (Å²) in [4.78, 5) is 7.88. The normalized spacial score (nSPS) is 10.4. The van der Waals surface area contributed by atoms with Crippen molar-refractivity contribution in [2.75, 3.05) is 9.80 Å². The Morgan fingerprint density at radius 2 is 0.412 bits per heavy atom. The van der Waals surface area contributed by atoms with Crippen LogP contribution in [-0.4, -0.2) is 4.98 Å². The average molecular weight is 658 g/mol. The highest BCUT2D eigenvalue weighted by Crippen LogP contribution is 2.35. The Kier molecular flexibility index (Phi) is 10.6. The van der Waals surface area contributed by atoms with E-state index in [4.69, 9.17) is 0 Å². The highest BCUT2D eigenvalue weighted by Gasteiger charge is 2.11. The summed E-state index contributed by atoms with van der Waals surface area (Å²) in [6.07, 6.45) is 0. The number of aromatic amines is 1. The van der Waals surface area contributed by atoms with Gasteiger partial charge in [0, 0.05) is 55.9 Å². The molecule has 0 spiro atoms. The van der Waals surface area contributed by atoms with Gasteiger partial charge in [-0.2, -0.15) is 0 Å². The Balaban J connectivity index is 0.000000122. The molecule has 0 saturated heterocycles. The number of hydrogen-bond donors (Lipinski definition) is 1. The number of aromatic nitrogens is 1. The first-order valence-electron chi connectivity index (χ1n) is 17.2. The number of para-hydroxylation sites is 8. The van der Waals surface area contributed by atoms with Crippen LogP contribution in [-0.2, 0) is 0 Å². The van der Waals surface area contributed by atoms with Crippen LogP contribution in [0.4, 0.5) is 34.1 Å². The van der Waals surface area contributed by atoms with Gasteiger partial charge in [-0.15, -0.1) is 0 Å². The Morgan fingerprint density at radius 1 is 0.216 bits per heavy atom. The first-order chi connectivity index (χ1) is 25.3. The highest BCUT2D eigenvalue weighted by atomic mass is 15.1. The third-order valence-corrected chi connectivity index (χ3v) is 8.50. The molecule has 1 N–H and O–H groups in total. The number of nitrogens with one attached hydrogen (secondary N) is 1. The highest BCUT2D eigenvalue weighted by molar-refractivity contribution is 6.07. The van der Waals surface area contributed by atoms with Crippen molar-refractivity contribution in [3.63, 3.8) is 0 Å². The topological polar surface area (TPSA) is 22.3 Å². The summed E-state index contributed by atoms with van der Waals surface area (Å²) in [6, 6.07) is 79.3. The van der Waals surface area contributed by atoms with Crippen LogP contribution >= 0.6 is 0 Å². The van der Waals surface area contributed by atoms with Gasteiger partial charge in [-0.3, -0.25) is 0 Å². The van der Waals surface area contributed by atoms with Crippen molar-refractivity contribution in [3.8, 4) is 0 Å². The van der Waals surface area contributed by atoms with E-state index in [2.05, 4.69) is 209 Å². The van der Waals surface area contributed by atoms with Crippen molar-refractivity contribution in [1.82, 2.24) is 4.98 Å². The van der Waals surface area contributed by atoms with Gasteiger partial charge in [-0.1, -0.05) is 146 Å². The summed E-state index contributed by atoms with van der Waals surface area (Å²) < 4.78 is 0. The second kappa shape index (κ2) is 16.5. The van der Waals surface area contributed by atoms with Gasteiger partial charge in [0.15, 0.2) is 0 Å². The second-order valence-corrected chi connectivity index (χ2v) is 11.9. The summed E-state index contributed by atoms with van der Waals surface area (Å²) in [7, 11) is 0. The monoisotopic (exact) mass is 657 g/mol. The molecule has 1 aromatic heterocycles. The summed E-state index contributed by atoms with van der Waals surface area (Å²) >= 11 is 0. The molecule has 246 valence electrons. The van der Waals surface area contributed by atoms with Crippen LogP contribution in [0.15, 0.2) is 231 Å². The quantitative estimate of drug-likeness (QED) is 0.192. The molecule has 0 bridgehead atoms. The number of nitrogens with zero attached hydrogens (tertiary/aromatic N) is 2. The zero-order valence-corrected chi connectivity index (χ0v) is 28.3. The zero-order chi connectivity index (χ0) is 34.5. The van der Waals surface area contributed by atoms with Crippen molar-refractivity contribution in [1.29, 1.82) is 0 Å². The number of anilines is 6. The number of fused-ring (bicyclic) bond motifs is 3. The molecule has 0 aliphatic heterocycles. The van der Waals surface area contributed by atoms with Crippen LogP contribution in [0.3, 0.4) is 0 Å². The van der Waals surface area contributed by atoms with Crippen LogP contribution in [0.5, 0.6) is 0 Å². The summed E-state index contributed by atoms with van der Waals surface area (Å²) in [5.41, 5.74) is 9.42. The van der Waals surface area contributed by atoms with E-state index in [9.17, 15) is 0 Å². The molecule has 0 radical (unpaired) electrons. The van der Waals surface area contributed by atoms with E-state index in [0.29, 0.717) is 0 Å². The molecule has 0 aliphatic rings. The van der Waals surface area contributed by atoms with Gasteiger partial charge in [0.05, 0.1) is 0 Å². The van der Waals surface area contributed by atoms with Gasteiger partial charge in [0.1, 0.15) is 0 Å². The lowest BCUT2D eigenvalue weighted by molar-refractivity contribution is 1.28. The Labute approximate surface area is 300 Å². The lowest BCUT2D eigenvalue weighted by Crippen LogP contribution is -2.09. The molecule has 0 amide bonds. The van der Waals surface area contributed by atoms with Crippen molar-refractivity contribution in [2.24, 2.45) is 0 Å². The van der Waals surface area contributed by atoms with Crippen LogP contribution in [0.25, 0.3) is 21.8 Å². The number of hydrogen-bond acceptors (Lipinski definition) is 2. The summed E-state index contributed by atoms with van der Waals surface area (Å²) in [5, 5.41) is 2.61. The van der Waals surface area contributed by atoms with Crippen LogP contribution in [0, 0.1) is 0 Å². The molecule has 0 unspecified atom stereocenters. The number of H-pyrrole nitrogens is 1. The summed E-state index contributed by atoms with van der Waals surface area (Å²) in [6.45, 7) is 0. The summed E-state index contributed by atoms with van der Waals surface area (Å²) in [5.74, 6) is 0. The third-order valence-electron chi connectivity index (χ3n) is 8.50. The van der Waals surface area contributed by atoms with E-state index in [1.54, 1.807) is 0 Å². The largest absolute Gasteiger partial charge is 0.355 e. The minimum atomic E-state index is 1.17. The van der Waals surface area contributed by atoms with E-state index in [1.807, 2.05) is 36.4 Å². The van der Waals surface area contributed by atoms with Gasteiger partial charge in [0.25, 0.3) is 0 Å². The average Bonchev–Trinajstić information content (AvgIpc) is 3.60. The second-order valence-electron chi connectivity index (χ2n) is 11.9. The van der Waals surface area contributed by atoms with Gasteiger partial charge < -0.3 is 14.8 Å². The fourth-order valence-corrected chi connectivity index (χ4v) is 6.16. The van der Waals surface area contributed by atoms with E-state index in [0.717, 1.165) is 0 Å². The molecule has 9 rings (SSSR count). The predicted octanol–water partition coefficient (Wildman–Crippen LogP) is 13.6. The Morgan fingerprint density at radius 3 is 0.647 bits per heavy atom. The van der Waals surface area contributed by atoms with Crippen LogP contribution in [0.2, 0.25) is 0 Å². The van der Waals surface area contributed by atoms with E-state index < -0.39 is 0 Å². The fourth-order valence-electron chi connectivity index (χ4n) is 6.16. The minimum Gasteiger partial charge on any atom is -0.355 e. The van der Waals surface area contributed by atoms with Gasteiger partial charge in [0.2, 0.25) is 0 Å². The lowest BCUT2D eigenvalue weighted by Gasteiger charge is -2.25. The van der Waals surface area contributed by atoms with Crippen molar-refractivity contribution < 1.29 is 0 Å². The van der Waals surface area contributed by atoms with E-state index >= 15 is 0 Å². The smallest absolute Gasteiger partial charge is 0.0464 e. The van der Waals surface area contributed by atoms with Crippen LogP contribution in [0.1, 0.15) is 0 Å². The third kappa shape index (κ3) is 8.07. The standard InChI is InChI=1S/2C18H15N.C12H9N/c2*1-4-10-16(11-5-1)19(17-12-6-2-7-13-17)18-14-8-3-9-15-18;1-3-7-11-9(5-1)10-6-2-4-8-12(10)13-11/h2*1-15H;1-8,13H. The Bertz CT molecular complexity index is 1980. The predicted molar refractivity (Wildman–Crippen MR) is 218 cm³/mol. The minimum absolute atomic E-state index is 1.17. The molecule has 0 aliphatic carbocycles. The molecule has 51 heavy (non-hydrogen) atoms. The lowest BCUT2D eigenvalue weighted by atomic mass is 10.2. The van der Waals surface area contributed by atoms with E-state index in [1.165, 1.54) is 55.9 Å². The molecule has 3 heteroatoms. The molecule has 0 saturated carbocycles. The zero-order valence-electron chi connectivity index (χ0n) is 28.3. The first kappa shape index (κ1) is 32.7. The number of benzene rings is 8. The van der Waals surface area contributed by atoms with Crippen molar-refractivity contribution in [2.45, 2.75) is 0 Å². The van der Waals surface area contributed by atoms with Gasteiger partial charge >= 0.3 is 0 Å². The molecule has 0 atom stereocenters. The van der Waals surface area contributed by atoms with Crippen molar-refractivity contribution in [3.05, 3.63) is 231 Å². The molecule has 9 aromatic rings. The van der Waals surface area contributed by atoms with Gasteiger partial charge in [-0.25, -0.2) is 0 Å². The molecule has 0 fully saturated rings. The van der Waals surface area contributed by atoms with Crippen molar-refractivity contribution >= 4 is 55.9 Å².